The zero-order valence-corrected chi connectivity index (χ0v) is 10.1. The lowest BCUT2D eigenvalue weighted by Gasteiger charge is -2.25. The fraction of sp³-hybridized carbons (Fsp3) is 0.500. The minimum Gasteiger partial charge on any atom is -0.382 e. The molecule has 19 heavy (non-hydrogen) atoms. The Balaban J connectivity index is 2.20. The first-order valence-corrected chi connectivity index (χ1v) is 5.98. The van der Waals surface area contributed by atoms with Gasteiger partial charge in [-0.1, -0.05) is 0 Å². The Morgan fingerprint density at radius 1 is 1.37 bits per heavy atom. The number of nitrogens with zero attached hydrogens (tertiary/aromatic N) is 1. The van der Waals surface area contributed by atoms with Gasteiger partial charge in [0.1, 0.15) is 0 Å². The summed E-state index contributed by atoms with van der Waals surface area (Å²) in [4.78, 5) is 9.92. The van der Waals surface area contributed by atoms with Gasteiger partial charge < -0.3 is 10.1 Å². The molecule has 5 nitrogen and oxygen atoms in total. The van der Waals surface area contributed by atoms with Gasteiger partial charge in [0, 0.05) is 42.6 Å². The molecule has 0 aliphatic carbocycles. The topological polar surface area (TPSA) is 64.4 Å². The van der Waals surface area contributed by atoms with Crippen molar-refractivity contribution in [2.75, 3.05) is 18.5 Å². The molecule has 0 amide bonds. The number of rotatable bonds is 4. The van der Waals surface area contributed by atoms with Crippen molar-refractivity contribution < 1.29 is 18.4 Å². The lowest BCUT2D eigenvalue weighted by atomic mass is 10.1. The molecule has 0 radical (unpaired) electrons. The largest absolute Gasteiger partial charge is 0.382 e. The van der Waals surface area contributed by atoms with Crippen LogP contribution < -0.4 is 5.32 Å². The minimum absolute atomic E-state index is 0.0627. The van der Waals surface area contributed by atoms with Crippen molar-refractivity contribution >= 4 is 11.4 Å². The lowest BCUT2D eigenvalue weighted by molar-refractivity contribution is -0.385. The molecule has 1 aromatic carbocycles. The van der Waals surface area contributed by atoms with Crippen LogP contribution in [0.25, 0.3) is 0 Å². The van der Waals surface area contributed by atoms with Crippen LogP contribution in [-0.4, -0.2) is 24.2 Å². The van der Waals surface area contributed by atoms with Gasteiger partial charge in [-0.25, -0.2) is 8.78 Å². The maximum Gasteiger partial charge on any atom is 0.270 e. The maximum atomic E-state index is 12.9. The SMILES string of the molecule is O=[N+]([O-])c1ccc(NC2CCOCC2)c(C(F)F)c1. The van der Waals surface area contributed by atoms with Gasteiger partial charge in [0.15, 0.2) is 0 Å². The van der Waals surface area contributed by atoms with E-state index in [1.807, 2.05) is 0 Å². The van der Waals surface area contributed by atoms with Crippen molar-refractivity contribution in [1.82, 2.24) is 0 Å². The van der Waals surface area contributed by atoms with Gasteiger partial charge in [0.25, 0.3) is 12.1 Å². The van der Waals surface area contributed by atoms with Crippen LogP contribution in [0, 0.1) is 10.1 Å². The summed E-state index contributed by atoms with van der Waals surface area (Å²) < 4.78 is 31.1. The minimum atomic E-state index is -2.75. The number of alkyl halides is 2. The van der Waals surface area contributed by atoms with Gasteiger partial charge in [-0.15, -0.1) is 0 Å². The Kier molecular flexibility index (Phi) is 4.26. The van der Waals surface area contributed by atoms with E-state index in [0.29, 0.717) is 13.2 Å². The number of hydrogen-bond donors (Lipinski definition) is 1. The number of non-ortho nitro benzene ring substituents is 1. The molecule has 2 rings (SSSR count). The summed E-state index contributed by atoms with van der Waals surface area (Å²) in [5, 5.41) is 13.6. The molecule has 1 aromatic rings. The number of benzene rings is 1. The van der Waals surface area contributed by atoms with Crippen LogP contribution in [0.1, 0.15) is 24.8 Å². The Morgan fingerprint density at radius 2 is 2.05 bits per heavy atom. The Hall–Kier alpha value is -1.76. The second-order valence-electron chi connectivity index (χ2n) is 4.36. The molecule has 7 heteroatoms. The summed E-state index contributed by atoms with van der Waals surface area (Å²) in [5.41, 5.74) is -0.402. The summed E-state index contributed by atoms with van der Waals surface area (Å²) in [5.74, 6) is 0. The van der Waals surface area contributed by atoms with E-state index in [1.54, 1.807) is 0 Å². The first-order valence-electron chi connectivity index (χ1n) is 5.98. The highest BCUT2D eigenvalue weighted by Gasteiger charge is 2.21. The molecule has 1 heterocycles. The van der Waals surface area contributed by atoms with Crippen molar-refractivity contribution in [3.05, 3.63) is 33.9 Å². The second kappa shape index (κ2) is 5.92. The molecule has 1 aliphatic rings. The number of nitrogens with one attached hydrogen (secondary N) is 1. The van der Waals surface area contributed by atoms with Gasteiger partial charge in [0.05, 0.1) is 4.92 Å². The van der Waals surface area contributed by atoms with E-state index < -0.39 is 11.3 Å². The predicted molar refractivity (Wildman–Crippen MR) is 65.5 cm³/mol. The highest BCUT2D eigenvalue weighted by atomic mass is 19.3. The fourth-order valence-electron chi connectivity index (χ4n) is 2.04. The smallest absolute Gasteiger partial charge is 0.270 e. The second-order valence-corrected chi connectivity index (χ2v) is 4.36. The molecule has 0 aromatic heterocycles. The molecule has 0 spiro atoms. The number of anilines is 1. The highest BCUT2D eigenvalue weighted by molar-refractivity contribution is 5.57. The Morgan fingerprint density at radius 3 is 2.63 bits per heavy atom. The zero-order valence-electron chi connectivity index (χ0n) is 10.1. The van der Waals surface area contributed by atoms with Gasteiger partial charge >= 0.3 is 0 Å². The van der Waals surface area contributed by atoms with E-state index >= 15 is 0 Å². The standard InChI is InChI=1S/C12H14F2N2O3/c13-12(14)10-7-9(16(17)18)1-2-11(10)15-8-3-5-19-6-4-8/h1-2,7-8,12,15H,3-6H2. The van der Waals surface area contributed by atoms with E-state index in [2.05, 4.69) is 5.32 Å². The fourth-order valence-corrected chi connectivity index (χ4v) is 2.04. The van der Waals surface area contributed by atoms with Crippen LogP contribution >= 0.6 is 0 Å². The molecule has 0 saturated carbocycles. The van der Waals surface area contributed by atoms with Gasteiger partial charge in [-0.2, -0.15) is 0 Å². The normalized spacial score (nSPS) is 16.6. The van der Waals surface area contributed by atoms with Gasteiger partial charge in [0.2, 0.25) is 0 Å². The van der Waals surface area contributed by atoms with E-state index in [4.69, 9.17) is 4.74 Å². The molecule has 104 valence electrons. The first-order chi connectivity index (χ1) is 9.08. The number of nitro groups is 1. The average Bonchev–Trinajstić information content (AvgIpc) is 2.39. The van der Waals surface area contributed by atoms with E-state index in [0.717, 1.165) is 18.9 Å². The van der Waals surface area contributed by atoms with Gasteiger partial charge in [-0.3, -0.25) is 10.1 Å². The third kappa shape index (κ3) is 3.37. The van der Waals surface area contributed by atoms with E-state index in [1.165, 1.54) is 12.1 Å². The van der Waals surface area contributed by atoms with Crippen LogP contribution in [0.2, 0.25) is 0 Å². The number of nitro benzene ring substituents is 1. The Labute approximate surface area is 108 Å². The highest BCUT2D eigenvalue weighted by Crippen LogP contribution is 2.31. The third-order valence-corrected chi connectivity index (χ3v) is 3.06. The van der Waals surface area contributed by atoms with Crippen LogP contribution in [0.5, 0.6) is 0 Å². The number of hydrogen-bond acceptors (Lipinski definition) is 4. The quantitative estimate of drug-likeness (QED) is 0.675. The lowest BCUT2D eigenvalue weighted by Crippen LogP contribution is -2.28. The predicted octanol–water partition coefficient (Wildman–Crippen LogP) is 3.12. The van der Waals surface area contributed by atoms with Crippen molar-refractivity contribution in [1.29, 1.82) is 0 Å². The maximum absolute atomic E-state index is 12.9. The van der Waals surface area contributed by atoms with Crippen LogP contribution in [-0.2, 0) is 4.74 Å². The molecule has 1 aliphatic heterocycles. The van der Waals surface area contributed by atoms with Crippen molar-refractivity contribution in [2.45, 2.75) is 25.3 Å². The zero-order chi connectivity index (χ0) is 13.8. The summed E-state index contributed by atoms with van der Waals surface area (Å²) in [6.45, 7) is 1.18. The summed E-state index contributed by atoms with van der Waals surface area (Å²) in [7, 11) is 0. The molecular formula is C12H14F2N2O3. The number of ether oxygens (including phenoxy) is 1. The average molecular weight is 272 g/mol. The Bertz CT molecular complexity index is 462. The summed E-state index contributed by atoms with van der Waals surface area (Å²) in [6.07, 6.45) is -1.28. The summed E-state index contributed by atoms with van der Waals surface area (Å²) in [6, 6.07) is 3.56. The van der Waals surface area contributed by atoms with Crippen LogP contribution in [0.15, 0.2) is 18.2 Å². The first kappa shape index (κ1) is 13.7. The third-order valence-electron chi connectivity index (χ3n) is 3.06. The van der Waals surface area contributed by atoms with Crippen molar-refractivity contribution in [2.24, 2.45) is 0 Å². The van der Waals surface area contributed by atoms with Crippen LogP contribution in [0.4, 0.5) is 20.2 Å². The molecule has 0 unspecified atom stereocenters. The van der Waals surface area contributed by atoms with Gasteiger partial charge in [-0.05, 0) is 18.9 Å². The molecule has 1 fully saturated rings. The molecular weight excluding hydrogens is 258 g/mol. The molecule has 0 atom stereocenters. The van der Waals surface area contributed by atoms with Crippen molar-refractivity contribution in [3.63, 3.8) is 0 Å². The molecule has 0 bridgehead atoms. The molecule has 1 N–H and O–H groups in total. The van der Waals surface area contributed by atoms with E-state index in [-0.39, 0.29) is 23.0 Å². The number of halogens is 2. The van der Waals surface area contributed by atoms with E-state index in [9.17, 15) is 18.9 Å². The van der Waals surface area contributed by atoms with Crippen molar-refractivity contribution in [3.8, 4) is 0 Å². The summed E-state index contributed by atoms with van der Waals surface area (Å²) >= 11 is 0. The molecule has 1 saturated heterocycles. The monoisotopic (exact) mass is 272 g/mol. The van der Waals surface area contributed by atoms with Crippen LogP contribution in [0.3, 0.4) is 0 Å².